The van der Waals surface area contributed by atoms with Gasteiger partial charge < -0.3 is 15.2 Å². The summed E-state index contributed by atoms with van der Waals surface area (Å²) in [4.78, 5) is 44.0. The predicted octanol–water partition coefficient (Wildman–Crippen LogP) is 1.50. The van der Waals surface area contributed by atoms with Crippen LogP contribution in [0, 0.1) is 34.0 Å². The number of aryl methyl sites for hydroxylation is 1. The van der Waals surface area contributed by atoms with Gasteiger partial charge in [-0.05, 0) is 40.7 Å². The van der Waals surface area contributed by atoms with Crippen LogP contribution in [0.2, 0.25) is 0 Å². The molecule has 2 fully saturated rings. The van der Waals surface area contributed by atoms with Gasteiger partial charge in [0.25, 0.3) is 11.5 Å². The third kappa shape index (κ3) is 5.93. The number of nitrogens with one attached hydrogen (secondary N) is 3. The van der Waals surface area contributed by atoms with Gasteiger partial charge in [0.1, 0.15) is 18.1 Å². The molecule has 2 heterocycles. The monoisotopic (exact) mass is 581 g/mol. The molecule has 0 spiro atoms. The van der Waals surface area contributed by atoms with Crippen LogP contribution >= 0.6 is 0 Å². The Kier molecular flexibility index (Phi) is 7.46. The maximum atomic E-state index is 13.9. The molecule has 1 aromatic heterocycles. The van der Waals surface area contributed by atoms with Crippen molar-refractivity contribution < 1.29 is 26.8 Å². The van der Waals surface area contributed by atoms with Crippen LogP contribution in [0.1, 0.15) is 57.9 Å². The Morgan fingerprint density at radius 2 is 1.95 bits per heavy atom. The minimum Gasteiger partial charge on any atom is -0.338 e. The van der Waals surface area contributed by atoms with Crippen LogP contribution in [-0.2, 0) is 38.9 Å². The number of aromatic amines is 1. The molecule has 13 heteroatoms. The van der Waals surface area contributed by atoms with Gasteiger partial charge in [-0.1, -0.05) is 34.6 Å². The molecule has 1 aliphatic heterocycles. The highest BCUT2D eigenvalue weighted by molar-refractivity contribution is 7.88. The van der Waals surface area contributed by atoms with Crippen molar-refractivity contribution in [2.75, 3.05) is 12.8 Å². The number of aromatic nitrogens is 1. The third-order valence-corrected chi connectivity index (χ3v) is 9.25. The van der Waals surface area contributed by atoms with Crippen molar-refractivity contribution in [2.24, 2.45) is 22.7 Å². The summed E-state index contributed by atoms with van der Waals surface area (Å²) >= 11 is 0. The molecule has 4 rings (SSSR count). The lowest BCUT2D eigenvalue weighted by atomic mass is 9.86. The van der Waals surface area contributed by atoms with Crippen molar-refractivity contribution in [1.29, 1.82) is 5.26 Å². The number of carbonyl (C=O) groups excluding carboxylic acids is 2. The van der Waals surface area contributed by atoms with Crippen LogP contribution in [0.3, 0.4) is 0 Å². The van der Waals surface area contributed by atoms with Crippen LogP contribution in [0.4, 0.5) is 8.78 Å². The first-order valence-electron chi connectivity index (χ1n) is 13.3. The number of pyridine rings is 1. The Hall–Kier alpha value is -2.85. The van der Waals surface area contributed by atoms with Crippen LogP contribution < -0.4 is 15.6 Å². The molecule has 0 radical (unpaired) electrons. The van der Waals surface area contributed by atoms with Crippen LogP contribution in [-0.4, -0.2) is 67.0 Å². The maximum Gasteiger partial charge on any atom is 0.252 e. The average Bonchev–Trinajstić information content (AvgIpc) is 3.14. The number of halogens is 2. The summed E-state index contributed by atoms with van der Waals surface area (Å²) in [5.74, 6) is -4.15. The predicted molar refractivity (Wildman–Crippen MR) is 143 cm³/mol. The van der Waals surface area contributed by atoms with Crippen molar-refractivity contribution in [3.05, 3.63) is 33.2 Å². The number of alkyl halides is 2. The van der Waals surface area contributed by atoms with E-state index in [9.17, 15) is 36.8 Å². The first-order chi connectivity index (χ1) is 18.2. The number of H-pyrrole nitrogens is 1. The van der Waals surface area contributed by atoms with Gasteiger partial charge in [-0.15, -0.1) is 0 Å². The molecule has 3 N–H and O–H groups in total. The summed E-state index contributed by atoms with van der Waals surface area (Å²) in [7, 11) is -3.74. The van der Waals surface area contributed by atoms with Gasteiger partial charge >= 0.3 is 0 Å². The fraction of sp³-hybridized carbons (Fsp3) is 0.704. The highest BCUT2D eigenvalue weighted by Gasteiger charge is 2.69. The van der Waals surface area contributed by atoms with E-state index in [-0.39, 0.29) is 48.6 Å². The number of likely N-dealkylation sites (tertiary alicyclic amines) is 1. The number of piperidine rings is 1. The van der Waals surface area contributed by atoms with E-state index >= 15 is 0 Å². The molecule has 2 amide bonds. The lowest BCUT2D eigenvalue weighted by Gasteiger charge is -2.37. The lowest BCUT2D eigenvalue weighted by molar-refractivity contribution is -0.143. The van der Waals surface area contributed by atoms with Gasteiger partial charge in [-0.2, -0.15) is 5.26 Å². The van der Waals surface area contributed by atoms with E-state index in [4.69, 9.17) is 0 Å². The maximum absolute atomic E-state index is 13.9. The van der Waals surface area contributed by atoms with Crippen LogP contribution in [0.5, 0.6) is 0 Å². The zero-order valence-corrected chi connectivity index (χ0v) is 24.4. The number of sulfonamides is 1. The summed E-state index contributed by atoms with van der Waals surface area (Å²) in [6.07, 6.45) is -0.0475. The molecule has 1 saturated heterocycles. The fourth-order valence-corrected chi connectivity index (χ4v) is 7.15. The smallest absolute Gasteiger partial charge is 0.252 e. The van der Waals surface area contributed by atoms with Gasteiger partial charge in [0.05, 0.1) is 12.3 Å². The molecular weight excluding hydrogens is 544 g/mol. The Morgan fingerprint density at radius 3 is 2.52 bits per heavy atom. The zero-order valence-electron chi connectivity index (χ0n) is 23.6. The summed E-state index contributed by atoms with van der Waals surface area (Å²) in [5.41, 5.74) is -0.644. The van der Waals surface area contributed by atoms with E-state index in [0.717, 1.165) is 6.26 Å². The number of rotatable bonds is 7. The highest BCUT2D eigenvalue weighted by Crippen LogP contribution is 2.65. The molecule has 2 aliphatic carbocycles. The molecule has 1 aromatic rings. The molecule has 220 valence electrons. The summed E-state index contributed by atoms with van der Waals surface area (Å²) in [5, 5.41) is 12.5. The second-order valence-electron chi connectivity index (χ2n) is 13.1. The minimum absolute atomic E-state index is 0.0248. The van der Waals surface area contributed by atoms with Crippen molar-refractivity contribution in [2.45, 2.75) is 84.4 Å². The molecule has 1 saturated carbocycles. The molecular formula is C27H37F2N5O5S. The second kappa shape index (κ2) is 9.91. The zero-order chi connectivity index (χ0) is 30.0. The number of nitriles is 1. The number of hydrogen-bond donors (Lipinski definition) is 3. The number of fused-ring (bicyclic) bond motifs is 2. The molecule has 3 aliphatic rings. The average molecular weight is 582 g/mol. The van der Waals surface area contributed by atoms with Crippen molar-refractivity contribution in [3.8, 4) is 6.07 Å². The molecule has 1 unspecified atom stereocenters. The van der Waals surface area contributed by atoms with E-state index in [1.54, 1.807) is 20.8 Å². The van der Waals surface area contributed by atoms with Gasteiger partial charge in [-0.3, -0.25) is 14.4 Å². The second-order valence-corrected chi connectivity index (χ2v) is 14.9. The molecule has 5 atom stereocenters. The summed E-state index contributed by atoms with van der Waals surface area (Å²) in [6.45, 7) is 9.42. The molecule has 40 heavy (non-hydrogen) atoms. The van der Waals surface area contributed by atoms with E-state index in [1.807, 2.05) is 19.9 Å². The van der Waals surface area contributed by atoms with Crippen LogP contribution in [0.25, 0.3) is 0 Å². The first-order valence-corrected chi connectivity index (χ1v) is 15.2. The van der Waals surface area contributed by atoms with Crippen molar-refractivity contribution in [3.63, 3.8) is 0 Å². The Labute approximate surface area is 232 Å². The van der Waals surface area contributed by atoms with Gasteiger partial charge in [0.2, 0.25) is 21.8 Å². The quantitative estimate of drug-likeness (QED) is 0.444. The highest BCUT2D eigenvalue weighted by atomic mass is 32.2. The van der Waals surface area contributed by atoms with E-state index < -0.39 is 63.3 Å². The third-order valence-electron chi connectivity index (χ3n) is 8.58. The Balaban J connectivity index is 1.56. The van der Waals surface area contributed by atoms with Crippen molar-refractivity contribution in [1.82, 2.24) is 19.9 Å². The number of amides is 2. The molecule has 0 bridgehead atoms. The topological polar surface area (TPSA) is 152 Å². The minimum atomic E-state index is -3.74. The number of hydrogen-bond acceptors (Lipinski definition) is 6. The number of nitrogens with zero attached hydrogens (tertiary/aromatic N) is 2. The van der Waals surface area contributed by atoms with Crippen LogP contribution in [0.15, 0.2) is 10.9 Å². The fourth-order valence-electron chi connectivity index (χ4n) is 6.26. The van der Waals surface area contributed by atoms with Gasteiger partial charge in [0, 0.05) is 37.1 Å². The standard InChI is InChI=1S/C27H37F2N5O5S/c1-25(2,3)21(33-40(6,38)39)24(37)34-13-17-19(26(17,4)5)20(34)23(36)31-16(12-30)10-14-9-15-11-27(28,29)8-7-18(15)32-22(14)35/h9,16-17,19-21,33H,7-8,10-11,13H2,1-6H3,(H,31,36)(H,32,35)/t16?,17-,19-,20-,21+/m0/s1. The SMILES string of the molecule is CC(C)(C)[C@H](NS(C)(=O)=O)C(=O)N1C[C@H]2[C@@H]([C@H]1C(=O)NC(C#N)Cc1cc3c([nH]c1=O)CCC(F)(F)C3)C2(C)C. The van der Waals surface area contributed by atoms with Gasteiger partial charge in [0.15, 0.2) is 0 Å². The van der Waals surface area contributed by atoms with Gasteiger partial charge in [-0.25, -0.2) is 21.9 Å². The Morgan fingerprint density at radius 1 is 1.30 bits per heavy atom. The number of carbonyl (C=O) groups is 2. The normalized spacial score (nSPS) is 26.2. The first kappa shape index (κ1) is 30.1. The van der Waals surface area contributed by atoms with E-state index in [1.165, 1.54) is 11.0 Å². The summed E-state index contributed by atoms with van der Waals surface area (Å²) < 4.78 is 54.4. The molecule has 10 nitrogen and oxygen atoms in total. The van der Waals surface area contributed by atoms with E-state index in [0.29, 0.717) is 11.3 Å². The lowest BCUT2D eigenvalue weighted by Crippen LogP contribution is -2.59. The van der Waals surface area contributed by atoms with E-state index in [2.05, 4.69) is 15.0 Å². The Bertz CT molecular complexity index is 1430. The summed E-state index contributed by atoms with van der Waals surface area (Å²) in [6, 6.07) is 0.154. The molecule has 0 aromatic carbocycles. The largest absolute Gasteiger partial charge is 0.338 e. The van der Waals surface area contributed by atoms with Crippen molar-refractivity contribution >= 4 is 21.8 Å².